The average molecular weight is 265 g/mol. The van der Waals surface area contributed by atoms with E-state index in [2.05, 4.69) is 6.07 Å². The zero-order valence-electron chi connectivity index (χ0n) is 11.1. The summed E-state index contributed by atoms with van der Waals surface area (Å²) in [4.78, 5) is 0. The third-order valence-corrected chi connectivity index (χ3v) is 5.37. The van der Waals surface area contributed by atoms with Crippen LogP contribution >= 0.6 is 0 Å². The average Bonchev–Trinajstić information content (AvgIpc) is 2.39. The molecule has 0 unspecified atom stereocenters. The zero-order valence-corrected chi connectivity index (χ0v) is 12.1. The van der Waals surface area contributed by atoms with E-state index in [0.717, 1.165) is 5.19 Å². The summed E-state index contributed by atoms with van der Waals surface area (Å²) in [6, 6.07) is 9.39. The van der Waals surface area contributed by atoms with Crippen LogP contribution in [0.4, 0.5) is 0 Å². The van der Waals surface area contributed by atoms with Crippen molar-refractivity contribution in [2.24, 2.45) is 0 Å². The molecular weight excluding hydrogens is 246 g/mol. The molecule has 5 heteroatoms. The summed E-state index contributed by atoms with van der Waals surface area (Å²) in [5.41, 5.74) is 0.587. The van der Waals surface area contributed by atoms with E-state index in [9.17, 15) is 0 Å². The van der Waals surface area contributed by atoms with Gasteiger partial charge in [0.25, 0.3) is 0 Å². The minimum Gasteiger partial charge on any atom is -0.370 e. The lowest BCUT2D eigenvalue weighted by Crippen LogP contribution is -2.56. The maximum absolute atomic E-state index is 8.96. The number of hydrogen-bond donors (Lipinski definition) is 0. The van der Waals surface area contributed by atoms with Gasteiger partial charge in [0.1, 0.15) is 0 Å². The molecule has 0 amide bonds. The SMILES string of the molecule is CCO[Si](OCC)(OCC)c1cccc(C#N)c1. The van der Waals surface area contributed by atoms with Crippen LogP contribution < -0.4 is 5.19 Å². The molecule has 0 bridgehead atoms. The van der Waals surface area contributed by atoms with Gasteiger partial charge in [0.2, 0.25) is 0 Å². The maximum Gasteiger partial charge on any atom is 0.537 e. The molecular formula is C13H19NO3Si. The second-order valence-electron chi connectivity index (χ2n) is 3.55. The number of nitriles is 1. The molecule has 0 N–H and O–H groups in total. The molecule has 1 aromatic rings. The third kappa shape index (κ3) is 3.40. The quantitative estimate of drug-likeness (QED) is 0.706. The number of benzene rings is 1. The van der Waals surface area contributed by atoms with E-state index < -0.39 is 8.80 Å². The molecule has 0 spiro atoms. The maximum atomic E-state index is 8.96. The molecule has 0 aliphatic carbocycles. The minimum atomic E-state index is -2.87. The first kappa shape index (κ1) is 14.9. The van der Waals surface area contributed by atoms with Crippen LogP contribution in [0.3, 0.4) is 0 Å². The third-order valence-electron chi connectivity index (χ3n) is 2.35. The Morgan fingerprint density at radius 3 is 2.06 bits per heavy atom. The van der Waals surface area contributed by atoms with Gasteiger partial charge < -0.3 is 13.3 Å². The van der Waals surface area contributed by atoms with Crippen molar-refractivity contribution in [1.82, 2.24) is 0 Å². The normalized spacial score (nSPS) is 11.2. The molecule has 0 heterocycles. The molecule has 0 saturated heterocycles. The summed E-state index contributed by atoms with van der Waals surface area (Å²) in [5, 5.41) is 9.80. The largest absolute Gasteiger partial charge is 0.537 e. The van der Waals surface area contributed by atoms with E-state index >= 15 is 0 Å². The highest BCUT2D eigenvalue weighted by Gasteiger charge is 2.43. The molecule has 98 valence electrons. The highest BCUT2D eigenvalue weighted by molar-refractivity contribution is 6.75. The van der Waals surface area contributed by atoms with E-state index in [1.165, 1.54) is 0 Å². The Balaban J connectivity index is 3.17. The fourth-order valence-electron chi connectivity index (χ4n) is 1.72. The van der Waals surface area contributed by atoms with Crippen LogP contribution in [0.15, 0.2) is 24.3 Å². The van der Waals surface area contributed by atoms with E-state index in [1.54, 1.807) is 12.1 Å². The van der Waals surface area contributed by atoms with Crippen molar-refractivity contribution < 1.29 is 13.3 Å². The van der Waals surface area contributed by atoms with Crippen LogP contribution in [0, 0.1) is 11.3 Å². The Labute approximate surface area is 109 Å². The van der Waals surface area contributed by atoms with Crippen LogP contribution in [-0.2, 0) is 13.3 Å². The summed E-state index contributed by atoms with van der Waals surface area (Å²) in [6.45, 7) is 7.28. The van der Waals surface area contributed by atoms with Crippen LogP contribution in [-0.4, -0.2) is 28.6 Å². The van der Waals surface area contributed by atoms with Gasteiger partial charge in [-0.15, -0.1) is 0 Å². The summed E-state index contributed by atoms with van der Waals surface area (Å²) < 4.78 is 17.3. The van der Waals surface area contributed by atoms with Crippen molar-refractivity contribution in [3.8, 4) is 6.07 Å². The Kier molecular flexibility index (Phi) is 6.02. The molecule has 0 radical (unpaired) electrons. The molecule has 4 nitrogen and oxygen atoms in total. The minimum absolute atomic E-state index is 0.517. The topological polar surface area (TPSA) is 51.5 Å². The molecule has 0 saturated carbocycles. The Morgan fingerprint density at radius 2 is 1.61 bits per heavy atom. The number of rotatable bonds is 7. The van der Waals surface area contributed by atoms with Crippen molar-refractivity contribution in [2.45, 2.75) is 20.8 Å². The zero-order chi connectivity index (χ0) is 13.4. The highest BCUT2D eigenvalue weighted by Crippen LogP contribution is 2.11. The van der Waals surface area contributed by atoms with Crippen LogP contribution in [0.25, 0.3) is 0 Å². The van der Waals surface area contributed by atoms with Crippen LogP contribution in [0.5, 0.6) is 0 Å². The number of hydrogen-bond acceptors (Lipinski definition) is 4. The number of nitrogens with zero attached hydrogens (tertiary/aromatic N) is 1. The van der Waals surface area contributed by atoms with Crippen molar-refractivity contribution in [3.63, 3.8) is 0 Å². The first-order valence-corrected chi connectivity index (χ1v) is 7.87. The van der Waals surface area contributed by atoms with Gasteiger partial charge in [0.15, 0.2) is 0 Å². The Hall–Kier alpha value is -1.19. The van der Waals surface area contributed by atoms with E-state index in [4.69, 9.17) is 18.5 Å². The molecule has 0 aliphatic heterocycles. The fraction of sp³-hybridized carbons (Fsp3) is 0.462. The molecule has 1 rings (SSSR count). The van der Waals surface area contributed by atoms with Gasteiger partial charge in [-0.25, -0.2) is 0 Å². The summed E-state index contributed by atoms with van der Waals surface area (Å²) in [5.74, 6) is 0. The first-order valence-electron chi connectivity index (χ1n) is 6.14. The lowest BCUT2D eigenvalue weighted by Gasteiger charge is -2.28. The molecule has 1 aromatic carbocycles. The summed E-state index contributed by atoms with van der Waals surface area (Å²) in [6.07, 6.45) is 0. The smallest absolute Gasteiger partial charge is 0.370 e. The van der Waals surface area contributed by atoms with Gasteiger partial charge in [-0.2, -0.15) is 5.26 Å². The van der Waals surface area contributed by atoms with Crippen molar-refractivity contribution >= 4 is 14.0 Å². The molecule has 18 heavy (non-hydrogen) atoms. The Morgan fingerprint density at radius 1 is 1.06 bits per heavy atom. The predicted molar refractivity (Wildman–Crippen MR) is 71.4 cm³/mol. The van der Waals surface area contributed by atoms with Crippen molar-refractivity contribution in [1.29, 1.82) is 5.26 Å². The predicted octanol–water partition coefficient (Wildman–Crippen LogP) is 1.81. The van der Waals surface area contributed by atoms with Crippen LogP contribution in [0.1, 0.15) is 26.3 Å². The van der Waals surface area contributed by atoms with Crippen LogP contribution in [0.2, 0.25) is 0 Å². The molecule has 0 atom stereocenters. The van der Waals surface area contributed by atoms with Crippen molar-refractivity contribution in [2.75, 3.05) is 19.8 Å². The lowest BCUT2D eigenvalue weighted by molar-refractivity contribution is 0.0859. The van der Waals surface area contributed by atoms with E-state index in [-0.39, 0.29) is 0 Å². The van der Waals surface area contributed by atoms with Gasteiger partial charge >= 0.3 is 8.80 Å². The van der Waals surface area contributed by atoms with Gasteiger partial charge in [-0.3, -0.25) is 0 Å². The molecule has 0 aromatic heterocycles. The van der Waals surface area contributed by atoms with Gasteiger partial charge in [-0.05, 0) is 32.9 Å². The highest BCUT2D eigenvalue weighted by atomic mass is 28.4. The van der Waals surface area contributed by atoms with Gasteiger partial charge in [-0.1, -0.05) is 12.1 Å². The monoisotopic (exact) mass is 265 g/mol. The summed E-state index contributed by atoms with van der Waals surface area (Å²) >= 11 is 0. The summed E-state index contributed by atoms with van der Waals surface area (Å²) in [7, 11) is -2.87. The molecule has 0 fully saturated rings. The second-order valence-corrected chi connectivity index (χ2v) is 6.10. The lowest BCUT2D eigenvalue weighted by atomic mass is 10.2. The Bertz CT molecular complexity index is 400. The first-order chi connectivity index (χ1) is 8.72. The second kappa shape index (κ2) is 7.29. The van der Waals surface area contributed by atoms with E-state index in [1.807, 2.05) is 32.9 Å². The van der Waals surface area contributed by atoms with E-state index in [0.29, 0.717) is 25.4 Å². The van der Waals surface area contributed by atoms with Gasteiger partial charge in [0.05, 0.1) is 11.6 Å². The fourth-order valence-corrected chi connectivity index (χ4v) is 4.25. The van der Waals surface area contributed by atoms with Crippen molar-refractivity contribution in [3.05, 3.63) is 29.8 Å². The standard InChI is InChI=1S/C13H19NO3Si/c1-4-15-18(16-5-2,17-6-3)13-9-7-8-12(10-13)11-14/h7-10H,4-6H2,1-3H3. The van der Waals surface area contributed by atoms with Gasteiger partial charge in [0, 0.05) is 25.0 Å². The molecule has 0 aliphatic rings.